The summed E-state index contributed by atoms with van der Waals surface area (Å²) in [5, 5.41) is 0. The monoisotopic (exact) mass is 341 g/mol. The highest BCUT2D eigenvalue weighted by molar-refractivity contribution is 7.98. The molecule has 0 saturated heterocycles. The fraction of sp³-hybridized carbons (Fsp3) is 0.263. The van der Waals surface area contributed by atoms with E-state index < -0.39 is 5.97 Å². The van der Waals surface area contributed by atoms with E-state index in [9.17, 15) is 9.59 Å². The minimum atomic E-state index is -0.464. The number of amides is 1. The molecule has 1 aliphatic heterocycles. The highest BCUT2D eigenvalue weighted by Crippen LogP contribution is 2.31. The number of para-hydroxylation sites is 1. The van der Waals surface area contributed by atoms with Gasteiger partial charge in [0, 0.05) is 16.6 Å². The molecule has 1 atom stereocenters. The van der Waals surface area contributed by atoms with Gasteiger partial charge in [0.05, 0.1) is 5.56 Å². The van der Waals surface area contributed by atoms with E-state index in [1.807, 2.05) is 49.6 Å². The molecule has 2 aromatic carbocycles. The Morgan fingerprint density at radius 1 is 1.17 bits per heavy atom. The van der Waals surface area contributed by atoms with E-state index in [2.05, 4.69) is 0 Å². The number of anilines is 1. The predicted octanol–water partition coefficient (Wildman–Crippen LogP) is 3.54. The van der Waals surface area contributed by atoms with E-state index in [-0.39, 0.29) is 18.6 Å². The SMILES string of the molecule is CSc1ccccc1C(=O)OCC(=O)N1c2ccccc2C[C@@H]1C. The number of nitrogens with zero attached hydrogens (tertiary/aromatic N) is 1. The first-order valence-electron chi connectivity index (χ1n) is 7.82. The number of carbonyl (C=O) groups is 2. The average molecular weight is 341 g/mol. The van der Waals surface area contributed by atoms with E-state index in [0.717, 1.165) is 22.6 Å². The summed E-state index contributed by atoms with van der Waals surface area (Å²) in [4.78, 5) is 27.4. The molecule has 124 valence electrons. The number of ether oxygens (including phenoxy) is 1. The van der Waals surface area contributed by atoms with E-state index in [0.29, 0.717) is 5.56 Å². The van der Waals surface area contributed by atoms with Crippen LogP contribution < -0.4 is 4.90 Å². The first-order valence-corrected chi connectivity index (χ1v) is 9.04. The zero-order valence-electron chi connectivity index (χ0n) is 13.7. The van der Waals surface area contributed by atoms with Crippen LogP contribution in [0.25, 0.3) is 0 Å². The molecule has 1 heterocycles. The normalized spacial score (nSPS) is 15.9. The molecule has 1 amide bonds. The molecule has 0 fully saturated rings. The number of hydrogen-bond donors (Lipinski definition) is 0. The van der Waals surface area contributed by atoms with Crippen molar-refractivity contribution in [1.29, 1.82) is 0 Å². The molecule has 0 N–H and O–H groups in total. The number of thioether (sulfide) groups is 1. The van der Waals surface area contributed by atoms with Gasteiger partial charge in [0.1, 0.15) is 0 Å². The lowest BCUT2D eigenvalue weighted by molar-refractivity contribution is -0.122. The van der Waals surface area contributed by atoms with Crippen molar-refractivity contribution in [3.05, 3.63) is 59.7 Å². The molecule has 2 aromatic rings. The van der Waals surface area contributed by atoms with Crippen molar-refractivity contribution in [1.82, 2.24) is 0 Å². The third kappa shape index (κ3) is 3.17. The molecular formula is C19H19NO3S. The Kier molecular flexibility index (Phi) is 4.90. The summed E-state index contributed by atoms with van der Waals surface area (Å²) in [5.74, 6) is -0.657. The third-order valence-corrected chi connectivity index (χ3v) is 4.93. The maximum absolute atomic E-state index is 12.6. The van der Waals surface area contributed by atoms with Crippen LogP contribution in [0, 0.1) is 0 Å². The van der Waals surface area contributed by atoms with Crippen LogP contribution in [0.4, 0.5) is 5.69 Å². The summed E-state index contributed by atoms with van der Waals surface area (Å²) >= 11 is 1.48. The van der Waals surface area contributed by atoms with Gasteiger partial charge in [-0.05, 0) is 43.4 Å². The topological polar surface area (TPSA) is 46.6 Å². The van der Waals surface area contributed by atoms with Crippen LogP contribution in [0.3, 0.4) is 0 Å². The van der Waals surface area contributed by atoms with Gasteiger partial charge in [-0.15, -0.1) is 11.8 Å². The van der Waals surface area contributed by atoms with Gasteiger partial charge in [0.25, 0.3) is 5.91 Å². The largest absolute Gasteiger partial charge is 0.452 e. The van der Waals surface area contributed by atoms with Crippen molar-refractivity contribution >= 4 is 29.3 Å². The molecule has 0 bridgehead atoms. The summed E-state index contributed by atoms with van der Waals surface area (Å²) in [6.45, 7) is 1.75. The highest BCUT2D eigenvalue weighted by Gasteiger charge is 2.31. The van der Waals surface area contributed by atoms with Gasteiger partial charge in [0.2, 0.25) is 0 Å². The molecule has 0 unspecified atom stereocenters. The van der Waals surface area contributed by atoms with Crippen LogP contribution >= 0.6 is 11.8 Å². The molecule has 24 heavy (non-hydrogen) atoms. The van der Waals surface area contributed by atoms with E-state index in [4.69, 9.17) is 4.74 Å². The summed E-state index contributed by atoms with van der Waals surface area (Å²) in [7, 11) is 0. The summed E-state index contributed by atoms with van der Waals surface area (Å²) < 4.78 is 5.26. The minimum absolute atomic E-state index is 0.0760. The molecule has 0 spiro atoms. The second-order valence-corrected chi connectivity index (χ2v) is 6.57. The quantitative estimate of drug-likeness (QED) is 0.630. The molecule has 5 heteroatoms. The Morgan fingerprint density at radius 3 is 2.67 bits per heavy atom. The van der Waals surface area contributed by atoms with E-state index in [1.54, 1.807) is 17.0 Å². The van der Waals surface area contributed by atoms with Gasteiger partial charge in [0.15, 0.2) is 6.61 Å². The van der Waals surface area contributed by atoms with Crippen LogP contribution in [-0.4, -0.2) is 30.8 Å². The second kappa shape index (κ2) is 7.09. The number of hydrogen-bond acceptors (Lipinski definition) is 4. The Balaban J connectivity index is 1.69. The summed E-state index contributed by atoms with van der Waals surface area (Å²) in [6.07, 6.45) is 2.73. The fourth-order valence-corrected chi connectivity index (χ4v) is 3.62. The van der Waals surface area contributed by atoms with Crippen LogP contribution in [-0.2, 0) is 16.0 Å². The average Bonchev–Trinajstić information content (AvgIpc) is 2.95. The van der Waals surface area contributed by atoms with Crippen LogP contribution in [0.1, 0.15) is 22.8 Å². The van der Waals surface area contributed by atoms with Gasteiger partial charge in [-0.25, -0.2) is 4.79 Å². The minimum Gasteiger partial charge on any atom is -0.452 e. The van der Waals surface area contributed by atoms with E-state index >= 15 is 0 Å². The predicted molar refractivity (Wildman–Crippen MR) is 95.6 cm³/mol. The number of carbonyl (C=O) groups excluding carboxylic acids is 2. The Bertz CT molecular complexity index is 775. The number of benzene rings is 2. The maximum Gasteiger partial charge on any atom is 0.339 e. The smallest absolute Gasteiger partial charge is 0.339 e. The molecule has 1 aliphatic rings. The van der Waals surface area contributed by atoms with Gasteiger partial charge >= 0.3 is 5.97 Å². The zero-order valence-corrected chi connectivity index (χ0v) is 14.5. The third-order valence-electron chi connectivity index (χ3n) is 4.13. The van der Waals surface area contributed by atoms with Crippen molar-refractivity contribution in [3.8, 4) is 0 Å². The van der Waals surface area contributed by atoms with Crippen molar-refractivity contribution < 1.29 is 14.3 Å². The van der Waals surface area contributed by atoms with Crippen molar-refractivity contribution in [2.75, 3.05) is 17.8 Å². The van der Waals surface area contributed by atoms with E-state index in [1.165, 1.54) is 11.8 Å². The summed E-state index contributed by atoms with van der Waals surface area (Å²) in [6, 6.07) is 15.2. The van der Waals surface area contributed by atoms with Crippen LogP contribution in [0.5, 0.6) is 0 Å². The van der Waals surface area contributed by atoms with Gasteiger partial charge in [-0.1, -0.05) is 30.3 Å². The first-order chi connectivity index (χ1) is 11.6. The number of rotatable bonds is 4. The zero-order chi connectivity index (χ0) is 17.1. The molecule has 0 aliphatic carbocycles. The molecule has 0 radical (unpaired) electrons. The fourth-order valence-electron chi connectivity index (χ4n) is 3.03. The highest BCUT2D eigenvalue weighted by atomic mass is 32.2. The van der Waals surface area contributed by atoms with Gasteiger partial charge < -0.3 is 9.64 Å². The maximum atomic E-state index is 12.6. The van der Waals surface area contributed by atoms with Gasteiger partial charge in [-0.3, -0.25) is 4.79 Å². The van der Waals surface area contributed by atoms with Crippen molar-refractivity contribution in [2.45, 2.75) is 24.3 Å². The lowest BCUT2D eigenvalue weighted by Crippen LogP contribution is -2.38. The molecular weight excluding hydrogens is 322 g/mol. The molecule has 0 aromatic heterocycles. The number of esters is 1. The molecule has 0 saturated carbocycles. The molecule has 3 rings (SSSR count). The van der Waals surface area contributed by atoms with Crippen molar-refractivity contribution in [3.63, 3.8) is 0 Å². The van der Waals surface area contributed by atoms with Crippen LogP contribution in [0.15, 0.2) is 53.4 Å². The second-order valence-electron chi connectivity index (χ2n) is 5.72. The Hall–Kier alpha value is -2.27. The van der Waals surface area contributed by atoms with Crippen LogP contribution in [0.2, 0.25) is 0 Å². The standard InChI is InChI=1S/C19H19NO3S/c1-13-11-14-7-3-5-9-16(14)20(13)18(21)12-23-19(22)15-8-4-6-10-17(15)24-2/h3-10,13H,11-12H2,1-2H3/t13-/m0/s1. The Morgan fingerprint density at radius 2 is 1.88 bits per heavy atom. The molecule has 4 nitrogen and oxygen atoms in total. The first kappa shape index (κ1) is 16.6. The summed E-state index contributed by atoms with van der Waals surface area (Å²) in [5.41, 5.74) is 2.56. The lowest BCUT2D eigenvalue weighted by atomic mass is 10.1. The van der Waals surface area contributed by atoms with Crippen molar-refractivity contribution in [2.24, 2.45) is 0 Å². The number of fused-ring (bicyclic) bond motifs is 1. The van der Waals surface area contributed by atoms with Gasteiger partial charge in [-0.2, -0.15) is 0 Å². The lowest BCUT2D eigenvalue weighted by Gasteiger charge is -2.22. The Labute approximate surface area is 145 Å².